The smallest absolute Gasteiger partial charge is 0.0703 e. The highest BCUT2D eigenvalue weighted by atomic mass is 127. The van der Waals surface area contributed by atoms with Crippen LogP contribution in [0.3, 0.4) is 0 Å². The van der Waals surface area contributed by atoms with Gasteiger partial charge in [-0.3, -0.25) is 9.97 Å². The third-order valence-electron chi connectivity index (χ3n) is 5.35. The SMILES string of the molecule is ICc1ccc(-c2ccc3cc(-c4ccc(-c5ccncc5)nc4)ccc3c2)cc1. The van der Waals surface area contributed by atoms with Crippen molar-refractivity contribution in [2.45, 2.75) is 4.43 Å². The van der Waals surface area contributed by atoms with Crippen molar-refractivity contribution in [3.8, 4) is 33.5 Å². The zero-order valence-electron chi connectivity index (χ0n) is 16.3. The molecular weight excluding hydrogens is 479 g/mol. The van der Waals surface area contributed by atoms with Crippen molar-refractivity contribution >= 4 is 33.4 Å². The lowest BCUT2D eigenvalue weighted by atomic mass is 9.97. The summed E-state index contributed by atoms with van der Waals surface area (Å²) in [4.78, 5) is 8.71. The molecule has 0 saturated heterocycles. The van der Waals surface area contributed by atoms with Gasteiger partial charge < -0.3 is 0 Å². The first-order chi connectivity index (χ1) is 14.8. The lowest BCUT2D eigenvalue weighted by Gasteiger charge is -2.08. The normalized spacial score (nSPS) is 11.0. The van der Waals surface area contributed by atoms with Gasteiger partial charge in [-0.15, -0.1) is 0 Å². The van der Waals surface area contributed by atoms with Gasteiger partial charge in [-0.2, -0.15) is 0 Å². The molecular formula is C27H19IN2. The summed E-state index contributed by atoms with van der Waals surface area (Å²) in [6.45, 7) is 0. The van der Waals surface area contributed by atoms with Crippen LogP contribution in [0, 0.1) is 0 Å². The molecule has 2 nitrogen and oxygen atoms in total. The molecule has 5 aromatic rings. The largest absolute Gasteiger partial charge is 0.265 e. The van der Waals surface area contributed by atoms with Crippen molar-refractivity contribution < 1.29 is 0 Å². The van der Waals surface area contributed by atoms with Crippen LogP contribution >= 0.6 is 22.6 Å². The number of halogens is 1. The molecule has 5 rings (SSSR count). The molecule has 0 radical (unpaired) electrons. The maximum absolute atomic E-state index is 4.64. The second-order valence-corrected chi connectivity index (χ2v) is 8.04. The van der Waals surface area contributed by atoms with Gasteiger partial charge in [0.15, 0.2) is 0 Å². The van der Waals surface area contributed by atoms with Gasteiger partial charge in [0.05, 0.1) is 5.69 Å². The highest BCUT2D eigenvalue weighted by Crippen LogP contribution is 2.29. The lowest BCUT2D eigenvalue weighted by Crippen LogP contribution is -1.86. The van der Waals surface area contributed by atoms with Gasteiger partial charge in [-0.25, -0.2) is 0 Å². The van der Waals surface area contributed by atoms with E-state index >= 15 is 0 Å². The number of benzene rings is 3. The average Bonchev–Trinajstić information content (AvgIpc) is 2.84. The van der Waals surface area contributed by atoms with Gasteiger partial charge in [0.2, 0.25) is 0 Å². The Labute approximate surface area is 189 Å². The summed E-state index contributed by atoms with van der Waals surface area (Å²) in [6.07, 6.45) is 5.53. The predicted octanol–water partition coefficient (Wildman–Crippen LogP) is 7.57. The van der Waals surface area contributed by atoms with Crippen molar-refractivity contribution in [2.75, 3.05) is 0 Å². The number of aromatic nitrogens is 2. The summed E-state index contributed by atoms with van der Waals surface area (Å²) >= 11 is 2.40. The second-order valence-electron chi connectivity index (χ2n) is 7.28. The Bertz CT molecular complexity index is 1290. The van der Waals surface area contributed by atoms with E-state index in [9.17, 15) is 0 Å². The molecule has 3 heteroatoms. The molecule has 0 N–H and O–H groups in total. The summed E-state index contributed by atoms with van der Waals surface area (Å²) in [6, 6.07) is 30.3. The summed E-state index contributed by atoms with van der Waals surface area (Å²) in [5.41, 5.74) is 8.19. The van der Waals surface area contributed by atoms with Crippen molar-refractivity contribution in [1.29, 1.82) is 0 Å². The number of hydrogen-bond acceptors (Lipinski definition) is 2. The Kier molecular flexibility index (Phi) is 5.28. The zero-order chi connectivity index (χ0) is 20.3. The maximum Gasteiger partial charge on any atom is 0.0703 e. The Morgan fingerprint density at radius 2 is 1.17 bits per heavy atom. The number of alkyl halides is 1. The van der Waals surface area contributed by atoms with E-state index in [1.54, 1.807) is 12.4 Å². The fourth-order valence-electron chi connectivity index (χ4n) is 3.65. The third-order valence-corrected chi connectivity index (χ3v) is 6.24. The van der Waals surface area contributed by atoms with Gasteiger partial charge in [0.25, 0.3) is 0 Å². The van der Waals surface area contributed by atoms with Crippen LogP contribution in [0.1, 0.15) is 5.56 Å². The van der Waals surface area contributed by atoms with E-state index in [2.05, 4.69) is 105 Å². The molecule has 0 aliphatic heterocycles. The number of rotatable bonds is 4. The zero-order valence-corrected chi connectivity index (χ0v) is 18.5. The molecule has 0 amide bonds. The minimum absolute atomic E-state index is 0.958. The Morgan fingerprint density at radius 3 is 1.77 bits per heavy atom. The number of hydrogen-bond donors (Lipinski definition) is 0. The fourth-order valence-corrected chi connectivity index (χ4v) is 4.16. The highest BCUT2D eigenvalue weighted by molar-refractivity contribution is 14.1. The minimum atomic E-state index is 0.958. The van der Waals surface area contributed by atoms with E-state index in [0.717, 1.165) is 21.2 Å². The van der Waals surface area contributed by atoms with Crippen LogP contribution in [0.25, 0.3) is 44.3 Å². The van der Waals surface area contributed by atoms with Gasteiger partial charge >= 0.3 is 0 Å². The van der Waals surface area contributed by atoms with Gasteiger partial charge in [0, 0.05) is 34.1 Å². The highest BCUT2D eigenvalue weighted by Gasteiger charge is 2.05. The first-order valence-corrected chi connectivity index (χ1v) is 11.4. The van der Waals surface area contributed by atoms with E-state index in [-0.39, 0.29) is 0 Å². The average molecular weight is 498 g/mol. The van der Waals surface area contributed by atoms with E-state index in [1.165, 1.54) is 33.0 Å². The first-order valence-electron chi connectivity index (χ1n) is 9.86. The third kappa shape index (κ3) is 3.85. The van der Waals surface area contributed by atoms with E-state index in [4.69, 9.17) is 0 Å². The van der Waals surface area contributed by atoms with Crippen LogP contribution in [0.4, 0.5) is 0 Å². The van der Waals surface area contributed by atoms with Gasteiger partial charge in [-0.05, 0) is 63.4 Å². The predicted molar refractivity (Wildman–Crippen MR) is 134 cm³/mol. The minimum Gasteiger partial charge on any atom is -0.265 e. The van der Waals surface area contributed by atoms with Crippen LogP contribution < -0.4 is 0 Å². The summed E-state index contributed by atoms with van der Waals surface area (Å²) < 4.78 is 1.04. The van der Waals surface area contributed by atoms with E-state index < -0.39 is 0 Å². The summed E-state index contributed by atoms with van der Waals surface area (Å²) in [5, 5.41) is 2.48. The molecule has 0 saturated carbocycles. The maximum atomic E-state index is 4.64. The Hall–Kier alpha value is -3.05. The fraction of sp³-hybridized carbons (Fsp3) is 0.0370. The lowest BCUT2D eigenvalue weighted by molar-refractivity contribution is 1.29. The standard InChI is InChI=1S/C27H19IN2/c28-17-19-1-3-20(4-2-19)22-5-6-24-16-25(8-7-23(24)15-22)26-9-10-27(30-18-26)21-11-13-29-14-12-21/h1-16,18H,17H2. The second kappa shape index (κ2) is 8.36. The van der Waals surface area contributed by atoms with Crippen molar-refractivity contribution in [2.24, 2.45) is 0 Å². The molecule has 30 heavy (non-hydrogen) atoms. The van der Waals surface area contributed by atoms with Crippen molar-refractivity contribution in [1.82, 2.24) is 9.97 Å². The Morgan fingerprint density at radius 1 is 0.567 bits per heavy atom. The molecule has 2 aromatic heterocycles. The number of nitrogens with zero attached hydrogens (tertiary/aromatic N) is 2. The van der Waals surface area contributed by atoms with Crippen LogP contribution in [0.15, 0.2) is 104 Å². The Balaban J connectivity index is 1.45. The van der Waals surface area contributed by atoms with Crippen LogP contribution in [0.5, 0.6) is 0 Å². The topological polar surface area (TPSA) is 25.8 Å². The quantitative estimate of drug-likeness (QED) is 0.189. The first kappa shape index (κ1) is 18.9. The number of pyridine rings is 2. The van der Waals surface area contributed by atoms with E-state index in [1.807, 2.05) is 18.3 Å². The van der Waals surface area contributed by atoms with Gasteiger partial charge in [0.1, 0.15) is 0 Å². The molecule has 3 aromatic carbocycles. The monoisotopic (exact) mass is 498 g/mol. The van der Waals surface area contributed by atoms with Crippen LogP contribution in [-0.4, -0.2) is 9.97 Å². The van der Waals surface area contributed by atoms with Gasteiger partial charge in [-0.1, -0.05) is 77.2 Å². The molecule has 0 aliphatic carbocycles. The van der Waals surface area contributed by atoms with E-state index in [0.29, 0.717) is 0 Å². The molecule has 0 unspecified atom stereocenters. The van der Waals surface area contributed by atoms with Crippen molar-refractivity contribution in [3.63, 3.8) is 0 Å². The molecule has 0 bridgehead atoms. The summed E-state index contributed by atoms with van der Waals surface area (Å²) in [5.74, 6) is 0. The van der Waals surface area contributed by atoms with Crippen LogP contribution in [0.2, 0.25) is 0 Å². The van der Waals surface area contributed by atoms with Crippen molar-refractivity contribution in [3.05, 3.63) is 109 Å². The molecule has 0 atom stereocenters. The molecule has 144 valence electrons. The van der Waals surface area contributed by atoms with Crippen LogP contribution in [-0.2, 0) is 4.43 Å². The molecule has 0 spiro atoms. The molecule has 2 heterocycles. The molecule has 0 fully saturated rings. The summed E-state index contributed by atoms with van der Waals surface area (Å²) in [7, 11) is 0. The molecule has 0 aliphatic rings. The number of fused-ring (bicyclic) bond motifs is 1.